The van der Waals surface area contributed by atoms with E-state index in [1.54, 1.807) is 39.0 Å². The summed E-state index contributed by atoms with van der Waals surface area (Å²) in [4.78, 5) is 77.8. The lowest BCUT2D eigenvalue weighted by atomic mass is 9.51. The van der Waals surface area contributed by atoms with Crippen LogP contribution in [0.15, 0.2) is 41.5 Å². The molecule has 7 atom stereocenters. The van der Waals surface area contributed by atoms with Crippen LogP contribution in [0.2, 0.25) is 0 Å². The zero-order valence-corrected chi connectivity index (χ0v) is 26.5. The topological polar surface area (TPSA) is 169 Å². The number of cyclic esters (lactones) is 1. The average molecular weight is 629 g/mol. The monoisotopic (exact) mass is 628 g/mol. The number of rotatable bonds is 7. The van der Waals surface area contributed by atoms with Gasteiger partial charge in [-0.25, -0.2) is 4.79 Å². The Kier molecular flexibility index (Phi) is 9.31. The normalized spacial score (nSPS) is 32.5. The Hall–Kier alpha value is -4.06. The Balaban J connectivity index is 2.06. The maximum Gasteiger partial charge on any atom is 0.338 e. The van der Waals surface area contributed by atoms with Gasteiger partial charge in [-0.3, -0.25) is 24.0 Å². The van der Waals surface area contributed by atoms with Crippen molar-refractivity contribution in [2.24, 2.45) is 17.3 Å². The number of hydrogen-bond acceptors (Lipinski definition) is 12. The van der Waals surface area contributed by atoms with E-state index in [9.17, 15) is 33.9 Å². The van der Waals surface area contributed by atoms with Crippen molar-refractivity contribution in [3.63, 3.8) is 0 Å². The van der Waals surface area contributed by atoms with Crippen molar-refractivity contribution in [2.45, 2.75) is 97.2 Å². The molecule has 0 amide bonds. The van der Waals surface area contributed by atoms with E-state index >= 15 is 0 Å². The Morgan fingerprint density at radius 2 is 1.58 bits per heavy atom. The molecule has 2 aliphatic carbocycles. The predicted octanol–water partition coefficient (Wildman–Crippen LogP) is 3.03. The minimum atomic E-state index is -2.12. The number of esters is 5. The third-order valence-electron chi connectivity index (χ3n) is 9.50. The molecule has 4 rings (SSSR count). The smallest absolute Gasteiger partial charge is 0.338 e. The molecule has 3 aliphatic rings. The van der Waals surface area contributed by atoms with Crippen molar-refractivity contribution in [1.82, 2.24) is 0 Å². The van der Waals surface area contributed by atoms with E-state index in [-0.39, 0.29) is 30.4 Å². The van der Waals surface area contributed by atoms with Gasteiger partial charge in [0.2, 0.25) is 0 Å². The lowest BCUT2D eigenvalue weighted by Crippen LogP contribution is -2.70. The van der Waals surface area contributed by atoms with Crippen molar-refractivity contribution in [3.05, 3.63) is 47.0 Å². The molecule has 1 N–H and O–H groups in total. The Morgan fingerprint density at radius 3 is 2.11 bits per heavy atom. The number of carbonyl (C=O) groups is 6. The number of fused-ring (bicyclic) bond motifs is 2. The Labute approximate surface area is 261 Å². The van der Waals surface area contributed by atoms with Crippen LogP contribution in [0.5, 0.6) is 0 Å². The summed E-state index contributed by atoms with van der Waals surface area (Å²) in [5, 5.41) is 13.0. The lowest BCUT2D eigenvalue weighted by molar-refractivity contribution is -0.230. The van der Waals surface area contributed by atoms with Crippen LogP contribution >= 0.6 is 0 Å². The number of benzene rings is 1. The molecule has 244 valence electrons. The summed E-state index contributed by atoms with van der Waals surface area (Å²) in [6, 6.07) is 8.00. The second-order valence-electron chi connectivity index (χ2n) is 12.7. The summed E-state index contributed by atoms with van der Waals surface area (Å²) >= 11 is 0. The van der Waals surface area contributed by atoms with Gasteiger partial charge in [0.15, 0.2) is 17.5 Å². The molecular weight excluding hydrogens is 588 g/mol. The van der Waals surface area contributed by atoms with Crippen molar-refractivity contribution < 1.29 is 57.6 Å². The minimum Gasteiger partial charge on any atom is -0.462 e. The quantitative estimate of drug-likeness (QED) is 0.267. The van der Waals surface area contributed by atoms with Gasteiger partial charge in [-0.05, 0) is 30.2 Å². The van der Waals surface area contributed by atoms with Gasteiger partial charge in [-0.1, -0.05) is 39.0 Å². The van der Waals surface area contributed by atoms with Gasteiger partial charge in [-0.2, -0.15) is 0 Å². The summed E-state index contributed by atoms with van der Waals surface area (Å²) in [6.07, 6.45) is -4.67. The summed E-state index contributed by atoms with van der Waals surface area (Å²) < 4.78 is 28.7. The van der Waals surface area contributed by atoms with Crippen LogP contribution in [0.3, 0.4) is 0 Å². The molecule has 2 fully saturated rings. The van der Waals surface area contributed by atoms with E-state index in [1.165, 1.54) is 32.9 Å². The summed E-state index contributed by atoms with van der Waals surface area (Å²) in [6.45, 7) is 9.37. The van der Waals surface area contributed by atoms with E-state index in [4.69, 9.17) is 23.7 Å². The SMILES string of the molecule is CC(=O)OC[C@@]1([C@@H]2[C@H](C)C(=O)[C@H](OC(C)=O)C3=C(C)[C@@H](OC(C)=O)C[C@@](O)([C@H]2OC(=O)c2ccccc2)C3(C)C)CCC(=O)O1. The van der Waals surface area contributed by atoms with E-state index in [0.717, 1.165) is 6.92 Å². The average Bonchev–Trinajstić information content (AvgIpc) is 3.34. The van der Waals surface area contributed by atoms with E-state index in [1.807, 2.05) is 0 Å². The second kappa shape index (κ2) is 12.4. The molecule has 2 bridgehead atoms. The molecule has 1 heterocycles. The Morgan fingerprint density at radius 1 is 0.956 bits per heavy atom. The van der Waals surface area contributed by atoms with Gasteiger partial charge in [-0.15, -0.1) is 0 Å². The lowest BCUT2D eigenvalue weighted by Gasteiger charge is -2.59. The van der Waals surface area contributed by atoms with Crippen molar-refractivity contribution in [3.8, 4) is 0 Å². The summed E-state index contributed by atoms with van der Waals surface area (Å²) in [7, 11) is 0. The Bertz CT molecular complexity index is 1430. The molecule has 0 unspecified atom stereocenters. The van der Waals surface area contributed by atoms with Crippen LogP contribution in [0, 0.1) is 17.3 Å². The van der Waals surface area contributed by atoms with Gasteiger partial charge >= 0.3 is 29.8 Å². The maximum absolute atomic E-state index is 14.5. The van der Waals surface area contributed by atoms with Crippen molar-refractivity contribution in [2.75, 3.05) is 6.61 Å². The molecule has 12 nitrogen and oxygen atoms in total. The number of ketones is 1. The van der Waals surface area contributed by atoms with E-state index in [0.29, 0.717) is 5.57 Å². The third-order valence-corrected chi connectivity index (χ3v) is 9.50. The third kappa shape index (κ3) is 6.12. The first-order chi connectivity index (χ1) is 20.9. The summed E-state index contributed by atoms with van der Waals surface area (Å²) in [5.41, 5.74) is -4.56. The van der Waals surface area contributed by atoms with Crippen LogP contribution in [-0.2, 0) is 47.7 Å². The highest BCUT2D eigenvalue weighted by atomic mass is 16.6. The van der Waals surface area contributed by atoms with Crippen LogP contribution < -0.4 is 0 Å². The minimum absolute atomic E-state index is 0.0371. The molecule has 0 spiro atoms. The standard InChI is InChI=1S/C33H40O12/c1-17-23(42-20(4)35)15-33(40)29(44-30(39)22-11-9-8-10-12-22)26(32(16-41-19(3)34)14-13-24(37)45-32)18(2)27(38)28(43-21(5)36)25(17)31(33,6)7/h8-12,18,23,26,28-29,40H,13-16H2,1-7H3/t18-,23-,26+,28+,29-,32+,33+/m0/s1. The zero-order valence-electron chi connectivity index (χ0n) is 26.5. The first-order valence-electron chi connectivity index (χ1n) is 14.9. The second-order valence-corrected chi connectivity index (χ2v) is 12.7. The number of ether oxygens (including phenoxy) is 5. The fourth-order valence-corrected chi connectivity index (χ4v) is 7.29. The van der Waals surface area contributed by atoms with E-state index < -0.39 is 89.0 Å². The van der Waals surface area contributed by atoms with Crippen LogP contribution in [-0.4, -0.2) is 76.9 Å². The largest absolute Gasteiger partial charge is 0.462 e. The molecule has 1 aliphatic heterocycles. The molecule has 12 heteroatoms. The highest BCUT2D eigenvalue weighted by molar-refractivity contribution is 5.92. The van der Waals surface area contributed by atoms with Crippen LogP contribution in [0.4, 0.5) is 0 Å². The van der Waals surface area contributed by atoms with E-state index in [2.05, 4.69) is 0 Å². The number of carbonyl (C=O) groups excluding carboxylic acids is 6. The number of hydrogen-bond donors (Lipinski definition) is 1. The van der Waals surface area contributed by atoms with Crippen LogP contribution in [0.25, 0.3) is 0 Å². The van der Waals surface area contributed by atoms with Gasteiger partial charge < -0.3 is 28.8 Å². The highest BCUT2D eigenvalue weighted by Gasteiger charge is 2.69. The van der Waals surface area contributed by atoms with Gasteiger partial charge in [0.25, 0.3) is 0 Å². The molecule has 45 heavy (non-hydrogen) atoms. The highest BCUT2D eigenvalue weighted by Crippen LogP contribution is 2.58. The van der Waals surface area contributed by atoms with Crippen molar-refractivity contribution in [1.29, 1.82) is 0 Å². The molecule has 1 aromatic rings. The fraction of sp³-hybridized carbons (Fsp3) is 0.576. The molecule has 1 aromatic carbocycles. The van der Waals surface area contributed by atoms with Gasteiger partial charge in [0.1, 0.15) is 24.4 Å². The molecule has 1 saturated heterocycles. The molecule has 0 aromatic heterocycles. The first-order valence-corrected chi connectivity index (χ1v) is 14.9. The number of aliphatic hydroxyl groups is 1. The molecular formula is C33H40O12. The van der Waals surface area contributed by atoms with Gasteiger partial charge in [0.05, 0.1) is 11.5 Å². The van der Waals surface area contributed by atoms with Gasteiger partial charge in [0, 0.05) is 51.4 Å². The number of Topliss-reactive ketones (excluding diaryl/α,β-unsaturated/α-hetero) is 1. The molecule has 0 radical (unpaired) electrons. The van der Waals surface area contributed by atoms with Crippen molar-refractivity contribution >= 4 is 35.6 Å². The summed E-state index contributed by atoms with van der Waals surface area (Å²) in [5.74, 6) is -6.76. The van der Waals surface area contributed by atoms with Crippen LogP contribution in [0.1, 0.15) is 78.1 Å². The maximum atomic E-state index is 14.5. The fourth-order valence-electron chi connectivity index (χ4n) is 7.29. The first kappa shape index (κ1) is 33.8. The predicted molar refractivity (Wildman–Crippen MR) is 155 cm³/mol. The zero-order chi connectivity index (χ0) is 33.5. The molecule has 1 saturated carbocycles.